The van der Waals surface area contributed by atoms with Gasteiger partial charge in [-0.2, -0.15) is 11.8 Å². The summed E-state index contributed by atoms with van der Waals surface area (Å²) < 4.78 is 5.20. The average Bonchev–Trinajstić information content (AvgIpc) is 3.20. The molecule has 0 amide bonds. The fourth-order valence-electron chi connectivity index (χ4n) is 2.83. The molecule has 4 N–H and O–H groups in total. The molecule has 1 aromatic heterocycles. The number of nitrogens with zero attached hydrogens (tertiary/aromatic N) is 1. The first kappa shape index (κ1) is 26.8. The molecule has 0 saturated heterocycles. The van der Waals surface area contributed by atoms with Crippen molar-refractivity contribution in [2.45, 2.75) is 72.8 Å². The van der Waals surface area contributed by atoms with Crippen LogP contribution in [0.4, 0.5) is 6.01 Å². The summed E-state index contributed by atoms with van der Waals surface area (Å²) >= 11 is 1.76. The fourth-order valence-corrected chi connectivity index (χ4v) is 3.82. The molecule has 0 aliphatic carbocycles. The van der Waals surface area contributed by atoms with Crippen LogP contribution in [0.25, 0.3) is 0 Å². The minimum absolute atomic E-state index is 0.0909. The standard InChI is InChI=1S/C25H40N4OS/c1-19(2)8-6-9-21(5)10-7-11-22(13-12-20(3)4)14-17-31-18-23(24(26)27)29-25-28-15-16-30-25/h8,10,12,14-16,23H,6-7,9,11,13,17-18H2,1-5H3,(H3,26,27)(H,28,29). The molecule has 0 fully saturated rings. The van der Waals surface area contributed by atoms with E-state index in [2.05, 4.69) is 69.2 Å². The molecule has 0 bridgehead atoms. The molecule has 1 aromatic rings. The molecule has 5 nitrogen and oxygen atoms in total. The molecule has 6 heteroatoms. The van der Waals surface area contributed by atoms with E-state index in [1.54, 1.807) is 18.0 Å². The van der Waals surface area contributed by atoms with Gasteiger partial charge in [0.1, 0.15) is 12.1 Å². The summed E-state index contributed by atoms with van der Waals surface area (Å²) in [5.41, 5.74) is 11.4. The third-order valence-corrected chi connectivity index (χ3v) is 5.67. The van der Waals surface area contributed by atoms with Gasteiger partial charge in [-0.05, 0) is 66.7 Å². The van der Waals surface area contributed by atoms with Gasteiger partial charge in [0.15, 0.2) is 0 Å². The highest BCUT2D eigenvalue weighted by molar-refractivity contribution is 7.99. The maximum Gasteiger partial charge on any atom is 0.295 e. The largest absolute Gasteiger partial charge is 0.432 e. The van der Waals surface area contributed by atoms with E-state index >= 15 is 0 Å². The van der Waals surface area contributed by atoms with Crippen molar-refractivity contribution in [3.8, 4) is 0 Å². The second-order valence-corrected chi connectivity index (χ2v) is 9.36. The van der Waals surface area contributed by atoms with Crippen molar-refractivity contribution < 1.29 is 4.42 Å². The zero-order chi connectivity index (χ0) is 23.1. The summed E-state index contributed by atoms with van der Waals surface area (Å²) in [5.74, 6) is 1.67. The summed E-state index contributed by atoms with van der Waals surface area (Å²) in [6.45, 7) is 10.8. The number of anilines is 1. The van der Waals surface area contributed by atoms with Gasteiger partial charge >= 0.3 is 0 Å². The first-order valence-corrected chi connectivity index (χ1v) is 12.1. The van der Waals surface area contributed by atoms with Crippen LogP contribution in [-0.2, 0) is 0 Å². The number of oxazole rings is 1. The van der Waals surface area contributed by atoms with Gasteiger partial charge in [0.2, 0.25) is 0 Å². The Bertz CT molecular complexity index is 767. The lowest BCUT2D eigenvalue weighted by Gasteiger charge is -2.15. The third kappa shape index (κ3) is 13.7. The van der Waals surface area contributed by atoms with Crippen LogP contribution in [0.2, 0.25) is 0 Å². The second kappa shape index (κ2) is 15.6. The van der Waals surface area contributed by atoms with Crippen LogP contribution in [0, 0.1) is 5.41 Å². The van der Waals surface area contributed by atoms with Crippen molar-refractivity contribution >= 4 is 23.6 Å². The molecule has 0 aromatic carbocycles. The van der Waals surface area contributed by atoms with E-state index in [1.165, 1.54) is 28.6 Å². The first-order chi connectivity index (χ1) is 14.8. The topological polar surface area (TPSA) is 87.9 Å². The van der Waals surface area contributed by atoms with Gasteiger partial charge in [-0.15, -0.1) is 0 Å². The molecule has 0 saturated carbocycles. The van der Waals surface area contributed by atoms with Crippen LogP contribution >= 0.6 is 11.8 Å². The molecular weight excluding hydrogens is 404 g/mol. The van der Waals surface area contributed by atoms with Gasteiger partial charge in [-0.25, -0.2) is 4.98 Å². The number of allylic oxidation sites excluding steroid dienone is 7. The highest BCUT2D eigenvalue weighted by atomic mass is 32.2. The minimum Gasteiger partial charge on any atom is -0.432 e. The predicted octanol–water partition coefficient (Wildman–Crippen LogP) is 6.88. The Kier molecular flexibility index (Phi) is 13.5. The zero-order valence-corrected chi connectivity index (χ0v) is 20.6. The summed E-state index contributed by atoms with van der Waals surface area (Å²) in [6.07, 6.45) is 17.8. The SMILES string of the molecule is CC(C)=CCCC(C)=CCCC(=CCSCC(Nc1ncco1)C(=N)N)CC=C(C)C. The molecule has 1 rings (SSSR count). The Labute approximate surface area is 192 Å². The van der Waals surface area contributed by atoms with Gasteiger partial charge in [0, 0.05) is 11.5 Å². The van der Waals surface area contributed by atoms with E-state index in [9.17, 15) is 0 Å². The molecule has 0 spiro atoms. The number of aromatic nitrogens is 1. The van der Waals surface area contributed by atoms with E-state index in [0.29, 0.717) is 11.8 Å². The second-order valence-electron chi connectivity index (χ2n) is 8.28. The smallest absolute Gasteiger partial charge is 0.295 e. The lowest BCUT2D eigenvalue weighted by atomic mass is 10.0. The van der Waals surface area contributed by atoms with E-state index in [4.69, 9.17) is 15.6 Å². The van der Waals surface area contributed by atoms with Crippen LogP contribution in [0.5, 0.6) is 0 Å². The Morgan fingerprint density at radius 3 is 2.42 bits per heavy atom. The van der Waals surface area contributed by atoms with E-state index in [-0.39, 0.29) is 11.9 Å². The molecule has 1 unspecified atom stereocenters. The van der Waals surface area contributed by atoms with Crippen molar-refractivity contribution in [1.29, 1.82) is 5.41 Å². The molecule has 0 aliphatic heterocycles. The molecule has 31 heavy (non-hydrogen) atoms. The van der Waals surface area contributed by atoms with Crippen LogP contribution in [-0.4, -0.2) is 28.4 Å². The molecular formula is C25H40N4OS. The van der Waals surface area contributed by atoms with E-state index in [0.717, 1.165) is 37.9 Å². The van der Waals surface area contributed by atoms with Crippen LogP contribution in [0.15, 0.2) is 63.5 Å². The maximum absolute atomic E-state index is 7.79. The lowest BCUT2D eigenvalue weighted by molar-refractivity contribution is 0.569. The van der Waals surface area contributed by atoms with Crippen LogP contribution in [0.1, 0.15) is 66.7 Å². The van der Waals surface area contributed by atoms with E-state index in [1.807, 2.05) is 0 Å². The van der Waals surface area contributed by atoms with Gasteiger partial charge in [0.25, 0.3) is 6.01 Å². The number of nitrogens with two attached hydrogens (primary N) is 1. The molecule has 1 heterocycles. The van der Waals surface area contributed by atoms with Crippen molar-refractivity contribution in [1.82, 2.24) is 4.98 Å². The zero-order valence-electron chi connectivity index (χ0n) is 19.8. The first-order valence-electron chi connectivity index (χ1n) is 11.0. The normalized spacial score (nSPS) is 12.9. The lowest BCUT2D eigenvalue weighted by Crippen LogP contribution is -2.37. The highest BCUT2D eigenvalue weighted by Gasteiger charge is 2.13. The van der Waals surface area contributed by atoms with E-state index < -0.39 is 0 Å². The summed E-state index contributed by atoms with van der Waals surface area (Å²) in [7, 11) is 0. The molecule has 172 valence electrons. The Morgan fingerprint density at radius 1 is 1.10 bits per heavy atom. The maximum atomic E-state index is 7.79. The number of nitrogens with one attached hydrogen (secondary N) is 2. The minimum atomic E-state index is -0.287. The Morgan fingerprint density at radius 2 is 1.81 bits per heavy atom. The highest BCUT2D eigenvalue weighted by Crippen LogP contribution is 2.17. The number of rotatable bonds is 15. The van der Waals surface area contributed by atoms with Gasteiger partial charge in [-0.3, -0.25) is 5.41 Å². The van der Waals surface area contributed by atoms with Crippen molar-refractivity contribution in [3.05, 3.63) is 59.1 Å². The third-order valence-electron chi connectivity index (χ3n) is 4.70. The quantitative estimate of drug-likeness (QED) is 0.119. The van der Waals surface area contributed by atoms with Crippen LogP contribution < -0.4 is 11.1 Å². The molecule has 0 radical (unpaired) electrons. The number of hydrogen-bond donors (Lipinski definition) is 3. The molecule has 0 aliphatic rings. The predicted molar refractivity (Wildman–Crippen MR) is 137 cm³/mol. The summed E-state index contributed by atoms with van der Waals surface area (Å²) in [4.78, 5) is 4.04. The number of hydrogen-bond acceptors (Lipinski definition) is 5. The monoisotopic (exact) mass is 444 g/mol. The van der Waals surface area contributed by atoms with Gasteiger partial charge in [0.05, 0.1) is 12.2 Å². The average molecular weight is 445 g/mol. The van der Waals surface area contributed by atoms with Gasteiger partial charge in [-0.1, -0.05) is 46.6 Å². The summed E-state index contributed by atoms with van der Waals surface area (Å²) in [5, 5.41) is 10.9. The van der Waals surface area contributed by atoms with Crippen molar-refractivity contribution in [3.63, 3.8) is 0 Å². The fraction of sp³-hybridized carbons (Fsp3) is 0.520. The van der Waals surface area contributed by atoms with Crippen molar-refractivity contribution in [2.24, 2.45) is 5.73 Å². The Balaban J connectivity index is 2.55. The number of thioether (sulfide) groups is 1. The number of amidine groups is 1. The van der Waals surface area contributed by atoms with Gasteiger partial charge < -0.3 is 15.5 Å². The van der Waals surface area contributed by atoms with Crippen LogP contribution in [0.3, 0.4) is 0 Å². The van der Waals surface area contributed by atoms with Crippen molar-refractivity contribution in [2.75, 3.05) is 16.8 Å². The summed E-state index contributed by atoms with van der Waals surface area (Å²) in [6, 6.07) is 0.108. The molecule has 1 atom stereocenters. The Hall–Kier alpha value is -2.21.